The van der Waals surface area contributed by atoms with Gasteiger partial charge in [-0.25, -0.2) is 0 Å². The van der Waals surface area contributed by atoms with Crippen LogP contribution in [0.2, 0.25) is 5.02 Å². The summed E-state index contributed by atoms with van der Waals surface area (Å²) in [6.07, 6.45) is 1.67. The summed E-state index contributed by atoms with van der Waals surface area (Å²) < 4.78 is 30.4. The van der Waals surface area contributed by atoms with Gasteiger partial charge in [0.15, 0.2) is 0 Å². The summed E-state index contributed by atoms with van der Waals surface area (Å²) in [5.74, 6) is -0.354. The van der Waals surface area contributed by atoms with E-state index >= 15 is 0 Å². The second kappa shape index (κ2) is 7.11. The third-order valence-corrected chi connectivity index (χ3v) is 5.98. The van der Waals surface area contributed by atoms with Gasteiger partial charge < -0.3 is 9.84 Å². The lowest BCUT2D eigenvalue weighted by molar-refractivity contribution is -0.136. The number of aryl methyl sites for hydroxylation is 1. The smallest absolute Gasteiger partial charge is 0.352 e. The molecule has 1 unspecified atom stereocenters. The van der Waals surface area contributed by atoms with Crippen LogP contribution in [0.1, 0.15) is 12.0 Å². The average molecular weight is 395 g/mol. The Kier molecular flexibility index (Phi) is 5.04. The molecule has 0 bridgehead atoms. The van der Waals surface area contributed by atoms with Crippen LogP contribution in [0, 0.1) is 0 Å². The molecule has 1 atom stereocenters. The van der Waals surface area contributed by atoms with E-state index in [2.05, 4.69) is 0 Å². The lowest BCUT2D eigenvalue weighted by Crippen LogP contribution is -2.19. The van der Waals surface area contributed by atoms with Gasteiger partial charge in [-0.3, -0.25) is 4.79 Å². The van der Waals surface area contributed by atoms with Gasteiger partial charge in [0.25, 0.3) is 0 Å². The minimum Gasteiger partial charge on any atom is -0.497 e. The van der Waals surface area contributed by atoms with Gasteiger partial charge in [-0.05, 0) is 46.5 Å². The zero-order valence-electron chi connectivity index (χ0n) is 13.9. The molecular formula is C18H17ClNO5S+. The lowest BCUT2D eigenvalue weighted by atomic mass is 10.1. The van der Waals surface area contributed by atoms with Crippen molar-refractivity contribution < 1.29 is 23.4 Å². The van der Waals surface area contributed by atoms with E-state index in [1.807, 2.05) is 0 Å². The molecule has 0 saturated heterocycles. The highest BCUT2D eigenvalue weighted by molar-refractivity contribution is 7.96. The highest BCUT2D eigenvalue weighted by Gasteiger charge is 2.34. The van der Waals surface area contributed by atoms with Crippen LogP contribution in [-0.2, 0) is 25.8 Å². The molecule has 0 saturated carbocycles. The fourth-order valence-electron chi connectivity index (χ4n) is 2.76. The number of rotatable bonds is 6. The molecule has 0 radical (unpaired) electrons. The number of nitrogens with zero attached hydrogens (tertiary/aromatic N) is 1. The molecule has 0 fully saturated rings. The highest BCUT2D eigenvalue weighted by atomic mass is 35.5. The Hall–Kier alpha value is -2.35. The maximum atomic E-state index is 13.2. The Morgan fingerprint density at radius 2 is 2.04 bits per heavy atom. The van der Waals surface area contributed by atoms with Crippen LogP contribution in [0.5, 0.6) is 5.75 Å². The van der Waals surface area contributed by atoms with Gasteiger partial charge in [0.1, 0.15) is 11.3 Å². The summed E-state index contributed by atoms with van der Waals surface area (Å²) in [6.45, 7) is 0. The Morgan fingerprint density at radius 1 is 1.27 bits per heavy atom. The van der Waals surface area contributed by atoms with Gasteiger partial charge >= 0.3 is 16.4 Å². The monoisotopic (exact) mass is 394 g/mol. The Balaban J connectivity index is 2.19. The molecule has 136 valence electrons. The summed E-state index contributed by atoms with van der Waals surface area (Å²) in [5.41, 5.74) is 1.17. The summed E-state index contributed by atoms with van der Waals surface area (Å²) >= 11 is 5.96. The molecule has 1 aromatic heterocycles. The zero-order valence-corrected chi connectivity index (χ0v) is 15.5. The number of hydrogen-bond donors (Lipinski definition) is 2. The summed E-state index contributed by atoms with van der Waals surface area (Å²) in [7, 11) is -2.11. The van der Waals surface area contributed by atoms with E-state index in [9.17, 15) is 13.6 Å². The van der Waals surface area contributed by atoms with Gasteiger partial charge in [-0.2, -0.15) is 4.55 Å². The molecule has 3 rings (SSSR count). The number of hydrogen-bond acceptors (Lipinski definition) is 3. The molecule has 6 nitrogen and oxygen atoms in total. The molecule has 0 amide bonds. The van der Waals surface area contributed by atoms with E-state index in [0.717, 1.165) is 0 Å². The van der Waals surface area contributed by atoms with Crippen LogP contribution >= 0.6 is 11.6 Å². The topological polar surface area (TPSA) is 88.8 Å². The molecule has 2 N–H and O–H groups in total. The van der Waals surface area contributed by atoms with E-state index < -0.39 is 16.4 Å². The van der Waals surface area contributed by atoms with Gasteiger partial charge in [0, 0.05) is 22.9 Å². The van der Waals surface area contributed by atoms with Crippen LogP contribution in [-0.4, -0.2) is 26.7 Å². The Bertz CT molecular complexity index is 1030. The molecule has 0 aliphatic heterocycles. The number of methoxy groups -OCH3 is 1. The second-order valence-electron chi connectivity index (χ2n) is 5.71. The first-order valence-corrected chi connectivity index (χ1v) is 9.60. The molecule has 26 heavy (non-hydrogen) atoms. The number of fused-ring (bicyclic) bond motifs is 1. The van der Waals surface area contributed by atoms with Crippen molar-refractivity contribution in [1.82, 2.24) is 3.97 Å². The maximum absolute atomic E-state index is 13.2. The first kappa shape index (κ1) is 18.4. The van der Waals surface area contributed by atoms with Crippen molar-refractivity contribution in [2.45, 2.75) is 17.7 Å². The van der Waals surface area contributed by atoms with E-state index in [1.165, 1.54) is 29.4 Å². The van der Waals surface area contributed by atoms with Crippen LogP contribution in [0.15, 0.2) is 53.6 Å². The van der Waals surface area contributed by atoms with Crippen molar-refractivity contribution in [2.24, 2.45) is 0 Å². The highest BCUT2D eigenvalue weighted by Crippen LogP contribution is 2.32. The van der Waals surface area contributed by atoms with Crippen LogP contribution < -0.4 is 4.74 Å². The molecule has 1 heterocycles. The number of carboxylic acid groups (broad SMARTS) is 1. The van der Waals surface area contributed by atoms with Crippen LogP contribution in [0.3, 0.4) is 0 Å². The number of benzene rings is 2. The summed E-state index contributed by atoms with van der Waals surface area (Å²) in [5, 5.41) is 10.0. The fourth-order valence-corrected chi connectivity index (χ4v) is 4.48. The zero-order chi connectivity index (χ0) is 18.9. The number of halogens is 1. The maximum Gasteiger partial charge on any atom is 0.352 e. The van der Waals surface area contributed by atoms with Crippen molar-refractivity contribution in [3.63, 3.8) is 0 Å². The van der Waals surface area contributed by atoms with E-state index in [4.69, 9.17) is 21.4 Å². The van der Waals surface area contributed by atoms with Crippen LogP contribution in [0.25, 0.3) is 10.9 Å². The van der Waals surface area contributed by atoms with E-state index in [1.54, 1.807) is 30.3 Å². The Morgan fingerprint density at radius 3 is 2.69 bits per heavy atom. The van der Waals surface area contributed by atoms with Gasteiger partial charge in [-0.15, -0.1) is 3.97 Å². The standard InChI is InChI=1S/C18H16ClNO5S/c1-25-14-6-7-17-16(10-14)12(5-8-18(21)22)11-20(17)26(23,24)15-4-2-3-13(19)9-15/h2-4,6-7,9-11H,5,8H2,1H3,(H-,21,22,23,24)/p+1. The molecule has 3 aromatic rings. The number of carboxylic acids is 1. The average Bonchev–Trinajstić information content (AvgIpc) is 2.98. The van der Waals surface area contributed by atoms with Crippen LogP contribution in [0.4, 0.5) is 0 Å². The third-order valence-electron chi connectivity index (χ3n) is 4.04. The lowest BCUT2D eigenvalue weighted by Gasteiger charge is -2.07. The van der Waals surface area contributed by atoms with Crippen molar-refractivity contribution in [2.75, 3.05) is 7.11 Å². The van der Waals surface area contributed by atoms with Crippen molar-refractivity contribution in [3.8, 4) is 5.75 Å². The number of aliphatic carboxylic acids is 1. The predicted molar refractivity (Wildman–Crippen MR) is 100 cm³/mol. The van der Waals surface area contributed by atoms with Gasteiger partial charge in [0.05, 0.1) is 13.3 Å². The Labute approximate surface area is 156 Å². The van der Waals surface area contributed by atoms with E-state index in [-0.39, 0.29) is 17.7 Å². The first-order valence-electron chi connectivity index (χ1n) is 7.75. The van der Waals surface area contributed by atoms with E-state index in [0.29, 0.717) is 27.2 Å². The van der Waals surface area contributed by atoms with Crippen molar-refractivity contribution >= 4 is 38.9 Å². The molecule has 0 aliphatic carbocycles. The molecule has 0 spiro atoms. The predicted octanol–water partition coefficient (Wildman–Crippen LogP) is 4.12. The minimum absolute atomic E-state index is 0.0832. The quantitative estimate of drug-likeness (QED) is 0.614. The fraction of sp³-hybridized carbons (Fsp3) is 0.167. The van der Waals surface area contributed by atoms with Crippen molar-refractivity contribution in [3.05, 3.63) is 59.2 Å². The van der Waals surface area contributed by atoms with Gasteiger partial charge in [0.2, 0.25) is 4.90 Å². The molecule has 0 aliphatic rings. The third kappa shape index (κ3) is 3.46. The van der Waals surface area contributed by atoms with Gasteiger partial charge in [-0.1, -0.05) is 17.7 Å². The second-order valence-corrected chi connectivity index (χ2v) is 8.01. The summed E-state index contributed by atoms with van der Waals surface area (Å²) in [4.78, 5) is 11.1. The molecule has 8 heteroatoms. The number of carbonyl (C=O) groups is 1. The number of aromatic nitrogens is 1. The minimum atomic E-state index is -3.63. The first-order chi connectivity index (χ1) is 12.3. The normalized spacial score (nSPS) is 13.5. The van der Waals surface area contributed by atoms with Crippen molar-refractivity contribution in [1.29, 1.82) is 0 Å². The summed E-state index contributed by atoms with van der Waals surface area (Å²) in [6, 6.07) is 11.3. The molecular weight excluding hydrogens is 378 g/mol. The largest absolute Gasteiger partial charge is 0.497 e. The molecule has 2 aromatic carbocycles. The number of ether oxygens (including phenoxy) is 1. The SMILES string of the molecule is COc1ccc2c(c1)c(CCC(=O)O)cn2[S+](=O)(O)c1cccc(Cl)c1.